The molecule has 0 aliphatic heterocycles. The molecule has 2 aromatic rings. The third kappa shape index (κ3) is 2.24. The van der Waals surface area contributed by atoms with Gasteiger partial charge in [0.25, 0.3) is 5.91 Å². The number of ether oxygens (including phenoxy) is 1. The molecule has 0 unspecified atom stereocenters. The van der Waals surface area contributed by atoms with Gasteiger partial charge < -0.3 is 16.2 Å². The molecule has 0 fully saturated rings. The van der Waals surface area contributed by atoms with Gasteiger partial charge in [-0.3, -0.25) is 9.48 Å². The standard InChI is InChI=1S/C11H11FN4O2/c1-16-5-6(4-15-16)18-10-2-7(11(14)17)9(13)3-8(10)12/h2-5H,13H2,1H3,(H2,14,17). The van der Waals surface area contributed by atoms with Gasteiger partial charge in [0.15, 0.2) is 17.3 Å². The van der Waals surface area contributed by atoms with E-state index in [0.717, 1.165) is 6.07 Å². The fourth-order valence-corrected chi connectivity index (χ4v) is 1.44. The van der Waals surface area contributed by atoms with Crippen LogP contribution in [0.25, 0.3) is 0 Å². The Morgan fingerprint density at radius 1 is 1.50 bits per heavy atom. The minimum Gasteiger partial charge on any atom is -0.451 e. The molecule has 1 amide bonds. The molecule has 0 saturated carbocycles. The number of amides is 1. The fourth-order valence-electron chi connectivity index (χ4n) is 1.44. The number of hydrogen-bond acceptors (Lipinski definition) is 4. The number of carbonyl (C=O) groups excluding carboxylic acids is 1. The van der Waals surface area contributed by atoms with Gasteiger partial charge in [0.2, 0.25) is 0 Å². The minimum atomic E-state index is -0.747. The summed E-state index contributed by atoms with van der Waals surface area (Å²) in [6.45, 7) is 0. The zero-order valence-corrected chi connectivity index (χ0v) is 9.55. The molecule has 0 atom stereocenters. The lowest BCUT2D eigenvalue weighted by Gasteiger charge is -2.08. The molecule has 94 valence electrons. The maximum Gasteiger partial charge on any atom is 0.250 e. The van der Waals surface area contributed by atoms with Crippen LogP contribution in [0.2, 0.25) is 0 Å². The number of rotatable bonds is 3. The lowest BCUT2D eigenvalue weighted by atomic mass is 10.1. The highest BCUT2D eigenvalue weighted by molar-refractivity contribution is 5.98. The number of halogens is 1. The van der Waals surface area contributed by atoms with Gasteiger partial charge in [-0.25, -0.2) is 4.39 Å². The number of nitrogens with two attached hydrogens (primary N) is 2. The van der Waals surface area contributed by atoms with E-state index in [1.807, 2.05) is 0 Å². The maximum absolute atomic E-state index is 13.6. The summed E-state index contributed by atoms with van der Waals surface area (Å²) in [5.74, 6) is -1.22. The number of aromatic nitrogens is 2. The van der Waals surface area contributed by atoms with Gasteiger partial charge in [0.1, 0.15) is 0 Å². The van der Waals surface area contributed by atoms with Gasteiger partial charge in [-0.05, 0) is 6.07 Å². The van der Waals surface area contributed by atoms with Crippen molar-refractivity contribution in [2.24, 2.45) is 12.8 Å². The van der Waals surface area contributed by atoms with E-state index in [4.69, 9.17) is 16.2 Å². The summed E-state index contributed by atoms with van der Waals surface area (Å²) in [5, 5.41) is 3.87. The number of nitrogen functional groups attached to an aromatic ring is 1. The topological polar surface area (TPSA) is 96.2 Å². The predicted octanol–water partition coefficient (Wildman–Crippen LogP) is 1.03. The highest BCUT2D eigenvalue weighted by Gasteiger charge is 2.14. The zero-order chi connectivity index (χ0) is 13.3. The van der Waals surface area contributed by atoms with Crippen LogP contribution in [0.3, 0.4) is 0 Å². The Hall–Kier alpha value is -2.57. The Morgan fingerprint density at radius 3 is 2.78 bits per heavy atom. The molecule has 1 aromatic heterocycles. The van der Waals surface area contributed by atoms with Crippen molar-refractivity contribution < 1.29 is 13.9 Å². The lowest BCUT2D eigenvalue weighted by Crippen LogP contribution is -2.14. The van der Waals surface area contributed by atoms with Gasteiger partial charge in [0.05, 0.1) is 18.0 Å². The highest BCUT2D eigenvalue weighted by atomic mass is 19.1. The van der Waals surface area contributed by atoms with Crippen molar-refractivity contribution in [1.82, 2.24) is 9.78 Å². The molecule has 7 heteroatoms. The van der Waals surface area contributed by atoms with Crippen molar-refractivity contribution in [1.29, 1.82) is 0 Å². The third-order valence-corrected chi connectivity index (χ3v) is 2.28. The van der Waals surface area contributed by atoms with Crippen LogP contribution in [-0.4, -0.2) is 15.7 Å². The molecular formula is C11H11FN4O2. The van der Waals surface area contributed by atoms with Gasteiger partial charge in [-0.15, -0.1) is 0 Å². The van der Waals surface area contributed by atoms with Crippen molar-refractivity contribution in [2.45, 2.75) is 0 Å². The Balaban J connectivity index is 2.38. The predicted molar refractivity (Wildman–Crippen MR) is 62.6 cm³/mol. The number of benzene rings is 1. The van der Waals surface area contributed by atoms with Gasteiger partial charge >= 0.3 is 0 Å². The molecule has 1 heterocycles. The van der Waals surface area contributed by atoms with Crippen molar-refractivity contribution >= 4 is 11.6 Å². The van der Waals surface area contributed by atoms with Crippen molar-refractivity contribution in [3.63, 3.8) is 0 Å². The quantitative estimate of drug-likeness (QED) is 0.795. The average molecular weight is 250 g/mol. The SMILES string of the molecule is Cn1cc(Oc2cc(C(N)=O)c(N)cc2F)cn1. The van der Waals surface area contributed by atoms with Crippen LogP contribution in [0.15, 0.2) is 24.5 Å². The molecule has 0 spiro atoms. The van der Waals surface area contributed by atoms with E-state index in [2.05, 4.69) is 5.10 Å². The Morgan fingerprint density at radius 2 is 2.22 bits per heavy atom. The first kappa shape index (κ1) is 11.9. The first-order chi connectivity index (χ1) is 8.47. The number of hydrogen-bond donors (Lipinski definition) is 2. The molecule has 4 N–H and O–H groups in total. The minimum absolute atomic E-state index is 0.00953. The van der Waals surface area contributed by atoms with Crippen LogP contribution in [0.1, 0.15) is 10.4 Å². The zero-order valence-electron chi connectivity index (χ0n) is 9.55. The molecular weight excluding hydrogens is 239 g/mol. The Labute approximate surface area is 102 Å². The van der Waals surface area contributed by atoms with Crippen LogP contribution in [0.4, 0.5) is 10.1 Å². The Bertz CT molecular complexity index is 609. The van der Waals surface area contributed by atoms with E-state index >= 15 is 0 Å². The molecule has 18 heavy (non-hydrogen) atoms. The van der Waals surface area contributed by atoms with Crippen molar-refractivity contribution in [3.05, 3.63) is 35.9 Å². The summed E-state index contributed by atoms with van der Waals surface area (Å²) in [4.78, 5) is 11.1. The molecule has 0 radical (unpaired) electrons. The first-order valence-corrected chi connectivity index (χ1v) is 5.02. The largest absolute Gasteiger partial charge is 0.451 e. The number of aryl methyl sites for hydroxylation is 1. The van der Waals surface area contributed by atoms with Crippen LogP contribution < -0.4 is 16.2 Å². The second kappa shape index (κ2) is 4.36. The molecule has 2 rings (SSSR count). The molecule has 0 bridgehead atoms. The van der Waals surface area contributed by atoms with Crippen LogP contribution in [0.5, 0.6) is 11.5 Å². The monoisotopic (exact) mass is 250 g/mol. The fraction of sp³-hybridized carbons (Fsp3) is 0.0909. The Kier molecular flexibility index (Phi) is 2.88. The summed E-state index contributed by atoms with van der Waals surface area (Å²) in [7, 11) is 1.70. The van der Waals surface area contributed by atoms with Crippen molar-refractivity contribution in [3.8, 4) is 11.5 Å². The number of primary amides is 1. The van der Waals surface area contributed by atoms with Gasteiger partial charge in [-0.1, -0.05) is 0 Å². The number of anilines is 1. The van der Waals surface area contributed by atoms with E-state index in [1.54, 1.807) is 13.2 Å². The molecule has 0 saturated heterocycles. The maximum atomic E-state index is 13.6. The van der Waals surface area contributed by atoms with Crippen LogP contribution >= 0.6 is 0 Å². The van der Waals surface area contributed by atoms with Crippen molar-refractivity contribution in [2.75, 3.05) is 5.73 Å². The van der Waals surface area contributed by atoms with Crippen LogP contribution in [-0.2, 0) is 7.05 Å². The summed E-state index contributed by atoms with van der Waals surface area (Å²) in [5.41, 5.74) is 10.6. The lowest BCUT2D eigenvalue weighted by molar-refractivity contribution is 0.100. The molecule has 0 aliphatic carbocycles. The number of carbonyl (C=O) groups is 1. The van der Waals surface area contributed by atoms with E-state index < -0.39 is 11.7 Å². The van der Waals surface area contributed by atoms with E-state index in [-0.39, 0.29) is 17.0 Å². The average Bonchev–Trinajstić information content (AvgIpc) is 2.67. The van der Waals surface area contributed by atoms with Gasteiger partial charge in [-0.2, -0.15) is 5.10 Å². The smallest absolute Gasteiger partial charge is 0.250 e. The highest BCUT2D eigenvalue weighted by Crippen LogP contribution is 2.28. The third-order valence-electron chi connectivity index (χ3n) is 2.28. The van der Waals surface area contributed by atoms with Crippen LogP contribution in [0, 0.1) is 5.82 Å². The summed E-state index contributed by atoms with van der Waals surface area (Å²) in [6.07, 6.45) is 2.97. The summed E-state index contributed by atoms with van der Waals surface area (Å²) >= 11 is 0. The second-order valence-corrected chi connectivity index (χ2v) is 3.69. The molecule has 6 nitrogen and oxygen atoms in total. The molecule has 1 aromatic carbocycles. The van der Waals surface area contributed by atoms with E-state index in [1.165, 1.54) is 16.9 Å². The first-order valence-electron chi connectivity index (χ1n) is 5.02. The van der Waals surface area contributed by atoms with E-state index in [0.29, 0.717) is 5.75 Å². The summed E-state index contributed by atoms with van der Waals surface area (Å²) < 4.78 is 20.4. The molecule has 0 aliphatic rings. The van der Waals surface area contributed by atoms with E-state index in [9.17, 15) is 9.18 Å². The summed E-state index contributed by atoms with van der Waals surface area (Å²) in [6, 6.07) is 2.16. The number of nitrogens with zero attached hydrogens (tertiary/aromatic N) is 2. The second-order valence-electron chi connectivity index (χ2n) is 3.69. The normalized spacial score (nSPS) is 10.3. The van der Waals surface area contributed by atoms with Gasteiger partial charge in [0, 0.05) is 18.8 Å².